The summed E-state index contributed by atoms with van der Waals surface area (Å²) in [6.45, 7) is 17.1. The molecule has 1 aromatic rings. The summed E-state index contributed by atoms with van der Waals surface area (Å²) in [7, 11) is -0.142. The fourth-order valence-electron chi connectivity index (χ4n) is 3.80. The van der Waals surface area contributed by atoms with Gasteiger partial charge < -0.3 is 19.0 Å². The van der Waals surface area contributed by atoms with Crippen molar-refractivity contribution in [3.8, 4) is 0 Å². The van der Waals surface area contributed by atoms with Gasteiger partial charge in [-0.25, -0.2) is 0 Å². The van der Waals surface area contributed by atoms with Crippen LogP contribution in [0.4, 0.5) is 0 Å². The van der Waals surface area contributed by atoms with Crippen LogP contribution in [0.3, 0.4) is 0 Å². The summed E-state index contributed by atoms with van der Waals surface area (Å²) >= 11 is 0. The number of aliphatic hydroxyl groups is 1. The van der Waals surface area contributed by atoms with E-state index in [2.05, 4.69) is 63.0 Å². The average molecular weight is 424 g/mol. The molecule has 0 radical (unpaired) electrons. The Morgan fingerprint density at radius 2 is 1.90 bits per heavy atom. The quantitative estimate of drug-likeness (QED) is 0.628. The molecule has 0 spiro atoms. The zero-order chi connectivity index (χ0) is 21.9. The van der Waals surface area contributed by atoms with E-state index in [1.165, 1.54) is 5.56 Å². The second kappa shape index (κ2) is 9.58. The number of nitrogens with zero attached hydrogens (tertiary/aromatic N) is 1. The average Bonchev–Trinajstić information content (AvgIpc) is 2.60. The van der Waals surface area contributed by atoms with E-state index in [1.54, 1.807) is 14.0 Å². The molecule has 0 aliphatic carbocycles. The molecule has 166 valence electrons. The van der Waals surface area contributed by atoms with Crippen LogP contribution < -0.4 is 0 Å². The fourth-order valence-corrected chi connectivity index (χ4v) is 4.84. The lowest BCUT2D eigenvalue weighted by Crippen LogP contribution is -2.64. The Bertz CT molecular complexity index is 632. The lowest BCUT2D eigenvalue weighted by molar-refractivity contribution is -0.255. The highest BCUT2D eigenvalue weighted by atomic mass is 28.4. The number of benzene rings is 1. The van der Waals surface area contributed by atoms with Gasteiger partial charge in [-0.05, 0) is 37.5 Å². The topological polar surface area (TPSA) is 51.2 Å². The molecule has 1 saturated heterocycles. The summed E-state index contributed by atoms with van der Waals surface area (Å²) in [5, 5.41) is 10.2. The number of hydrogen-bond donors (Lipinski definition) is 1. The molecule has 29 heavy (non-hydrogen) atoms. The standard InChI is InChI=1S/C23H41NO4Si/c1-18(25)14-23(5)21(26-6)24(15-19-12-10-9-11-13-19)20(16-27-23)17-28-29(7,8)22(2,3)4/h9-13,18,20-21,25H,14-17H2,1-8H3. The van der Waals surface area contributed by atoms with Gasteiger partial charge in [0.1, 0.15) is 11.8 Å². The van der Waals surface area contributed by atoms with Gasteiger partial charge in [-0.1, -0.05) is 51.1 Å². The molecule has 6 heteroatoms. The van der Waals surface area contributed by atoms with Crippen molar-refractivity contribution < 1.29 is 19.0 Å². The number of rotatable bonds is 8. The van der Waals surface area contributed by atoms with Crippen LogP contribution in [-0.4, -0.2) is 62.6 Å². The van der Waals surface area contributed by atoms with E-state index in [1.807, 2.05) is 13.0 Å². The molecule has 4 atom stereocenters. The van der Waals surface area contributed by atoms with Crippen molar-refractivity contribution in [2.24, 2.45) is 0 Å². The summed E-state index contributed by atoms with van der Waals surface area (Å²) < 4.78 is 18.8. The second-order valence-electron chi connectivity index (χ2n) is 10.1. The lowest BCUT2D eigenvalue weighted by Gasteiger charge is -2.52. The summed E-state index contributed by atoms with van der Waals surface area (Å²) in [4.78, 5) is 2.36. The largest absolute Gasteiger partial charge is 0.415 e. The van der Waals surface area contributed by atoms with Gasteiger partial charge in [0.25, 0.3) is 0 Å². The Labute approximate surface area is 178 Å². The van der Waals surface area contributed by atoms with Gasteiger partial charge >= 0.3 is 0 Å². The van der Waals surface area contributed by atoms with Gasteiger partial charge in [0.15, 0.2) is 8.32 Å². The van der Waals surface area contributed by atoms with Crippen LogP contribution in [0.1, 0.15) is 46.6 Å². The summed E-state index contributed by atoms with van der Waals surface area (Å²) in [6, 6.07) is 10.5. The highest BCUT2D eigenvalue weighted by Gasteiger charge is 2.48. The summed E-state index contributed by atoms with van der Waals surface area (Å²) in [6.07, 6.45) is -0.206. The SMILES string of the molecule is COC1N(Cc2ccccc2)C(CO[Si](C)(C)C(C)(C)C)COC1(C)CC(C)O. The predicted octanol–water partition coefficient (Wildman–Crippen LogP) is 4.41. The molecule has 2 rings (SSSR count). The van der Waals surface area contributed by atoms with Crippen LogP contribution in [0, 0.1) is 0 Å². The van der Waals surface area contributed by atoms with Crippen LogP contribution >= 0.6 is 0 Å². The number of methoxy groups -OCH3 is 1. The Kier molecular flexibility index (Phi) is 8.10. The first kappa shape index (κ1) is 24.5. The molecule has 1 N–H and O–H groups in total. The molecule has 0 saturated carbocycles. The van der Waals surface area contributed by atoms with Crippen molar-refractivity contribution >= 4 is 8.32 Å². The minimum Gasteiger partial charge on any atom is -0.415 e. The monoisotopic (exact) mass is 423 g/mol. The lowest BCUT2D eigenvalue weighted by atomic mass is 9.92. The first-order valence-electron chi connectivity index (χ1n) is 10.7. The van der Waals surface area contributed by atoms with Gasteiger partial charge in [-0.15, -0.1) is 0 Å². The highest BCUT2D eigenvalue weighted by Crippen LogP contribution is 2.38. The fraction of sp³-hybridized carbons (Fsp3) is 0.739. The molecule has 5 nitrogen and oxygen atoms in total. The van der Waals surface area contributed by atoms with Gasteiger partial charge in [0.2, 0.25) is 0 Å². The molecule has 1 fully saturated rings. The molecule has 1 aliphatic rings. The van der Waals surface area contributed by atoms with E-state index in [-0.39, 0.29) is 17.3 Å². The molecule has 0 bridgehead atoms. The molecule has 0 amide bonds. The number of hydrogen-bond acceptors (Lipinski definition) is 5. The van der Waals surface area contributed by atoms with E-state index in [9.17, 15) is 5.11 Å². The first-order valence-corrected chi connectivity index (χ1v) is 13.6. The van der Waals surface area contributed by atoms with Crippen molar-refractivity contribution in [2.75, 3.05) is 20.3 Å². The maximum atomic E-state index is 10.1. The zero-order valence-electron chi connectivity index (χ0n) is 19.6. The van der Waals surface area contributed by atoms with Crippen molar-refractivity contribution in [3.63, 3.8) is 0 Å². The third-order valence-electron chi connectivity index (χ3n) is 6.47. The maximum Gasteiger partial charge on any atom is 0.192 e. The predicted molar refractivity (Wildman–Crippen MR) is 120 cm³/mol. The van der Waals surface area contributed by atoms with Crippen LogP contribution in [0.5, 0.6) is 0 Å². The van der Waals surface area contributed by atoms with Crippen LogP contribution in [0.15, 0.2) is 30.3 Å². The second-order valence-corrected chi connectivity index (χ2v) is 15.0. The van der Waals surface area contributed by atoms with E-state index >= 15 is 0 Å². The van der Waals surface area contributed by atoms with Crippen LogP contribution in [0.2, 0.25) is 18.1 Å². The Morgan fingerprint density at radius 3 is 2.41 bits per heavy atom. The number of morpholine rings is 1. The van der Waals surface area contributed by atoms with Crippen molar-refractivity contribution in [3.05, 3.63) is 35.9 Å². The zero-order valence-corrected chi connectivity index (χ0v) is 20.6. The van der Waals surface area contributed by atoms with E-state index in [4.69, 9.17) is 13.9 Å². The Balaban J connectivity index is 2.27. The van der Waals surface area contributed by atoms with Gasteiger partial charge in [-0.3, -0.25) is 4.90 Å². The van der Waals surface area contributed by atoms with Crippen LogP contribution in [-0.2, 0) is 20.4 Å². The minimum atomic E-state index is -1.87. The maximum absolute atomic E-state index is 10.1. The number of aliphatic hydroxyl groups excluding tert-OH is 1. The van der Waals surface area contributed by atoms with E-state index in [0.717, 1.165) is 6.54 Å². The molecular weight excluding hydrogens is 382 g/mol. The summed E-state index contributed by atoms with van der Waals surface area (Å²) in [5.41, 5.74) is 0.652. The van der Waals surface area contributed by atoms with Crippen LogP contribution in [0.25, 0.3) is 0 Å². The Hall–Kier alpha value is -0.763. The molecule has 1 aromatic carbocycles. The third-order valence-corrected chi connectivity index (χ3v) is 11.0. The molecule has 4 unspecified atom stereocenters. The Morgan fingerprint density at radius 1 is 1.28 bits per heavy atom. The van der Waals surface area contributed by atoms with Crippen molar-refractivity contribution in [1.29, 1.82) is 0 Å². The highest BCUT2D eigenvalue weighted by molar-refractivity contribution is 6.74. The van der Waals surface area contributed by atoms with Gasteiger partial charge in [-0.2, -0.15) is 0 Å². The molecule has 1 heterocycles. The number of ether oxygens (including phenoxy) is 2. The van der Waals surface area contributed by atoms with E-state index in [0.29, 0.717) is 19.6 Å². The molecule has 1 aliphatic heterocycles. The van der Waals surface area contributed by atoms with Gasteiger partial charge in [0, 0.05) is 20.1 Å². The van der Waals surface area contributed by atoms with Crippen molar-refractivity contribution in [2.45, 2.75) is 89.7 Å². The van der Waals surface area contributed by atoms with Gasteiger partial charge in [0.05, 0.1) is 25.4 Å². The minimum absolute atomic E-state index is 0.0938. The van der Waals surface area contributed by atoms with E-state index < -0.39 is 20.0 Å². The first-order chi connectivity index (χ1) is 13.4. The molecular formula is C23H41NO4Si. The summed E-state index contributed by atoms with van der Waals surface area (Å²) in [5.74, 6) is 0. The van der Waals surface area contributed by atoms with Crippen molar-refractivity contribution in [1.82, 2.24) is 4.90 Å². The smallest absolute Gasteiger partial charge is 0.192 e. The molecule has 0 aromatic heterocycles. The normalized spacial score (nSPS) is 27.8. The third kappa shape index (κ3) is 6.12.